The summed E-state index contributed by atoms with van der Waals surface area (Å²) in [4.78, 5) is 3.37. The molecule has 0 aliphatic rings. The molecule has 1 atom stereocenters. The van der Waals surface area contributed by atoms with E-state index < -0.39 is 0 Å². The maximum atomic E-state index is 4.31. The summed E-state index contributed by atoms with van der Waals surface area (Å²) in [5.41, 5.74) is 5.01. The second kappa shape index (κ2) is 4.34. The normalized spacial score (nSPS) is 12.8. The van der Waals surface area contributed by atoms with Crippen molar-refractivity contribution in [3.05, 3.63) is 78.3 Å². The molecule has 0 aliphatic heterocycles. The lowest BCUT2D eigenvalue weighted by atomic mass is 9.92. The number of hydrogen-bond donors (Lipinski definition) is 1. The van der Waals surface area contributed by atoms with Crippen molar-refractivity contribution in [3.8, 4) is 0 Å². The van der Waals surface area contributed by atoms with Gasteiger partial charge in [-0.1, -0.05) is 48.5 Å². The zero-order chi connectivity index (χ0) is 12.5. The first-order valence-electron chi connectivity index (χ1n) is 6.22. The quantitative estimate of drug-likeness (QED) is 0.674. The summed E-state index contributed by atoms with van der Waals surface area (Å²) in [6, 6.07) is 16.8. The van der Waals surface area contributed by atoms with E-state index in [-0.39, 0.29) is 5.92 Å². The van der Waals surface area contributed by atoms with Gasteiger partial charge in [-0.25, -0.2) is 0 Å². The van der Waals surface area contributed by atoms with Gasteiger partial charge in [0.25, 0.3) is 0 Å². The van der Waals surface area contributed by atoms with Gasteiger partial charge in [0.1, 0.15) is 0 Å². The van der Waals surface area contributed by atoms with E-state index in [1.54, 1.807) is 0 Å². The highest BCUT2D eigenvalue weighted by atomic mass is 14.7. The molecule has 18 heavy (non-hydrogen) atoms. The minimum Gasteiger partial charge on any atom is -0.361 e. The number of aryl methyl sites for hydroxylation is 1. The van der Waals surface area contributed by atoms with Crippen LogP contribution in [-0.2, 0) is 0 Å². The van der Waals surface area contributed by atoms with Crippen LogP contribution >= 0.6 is 0 Å². The third-order valence-electron chi connectivity index (χ3n) is 3.53. The van der Waals surface area contributed by atoms with Crippen molar-refractivity contribution in [1.29, 1.82) is 0 Å². The van der Waals surface area contributed by atoms with Crippen molar-refractivity contribution < 1.29 is 0 Å². The first-order chi connectivity index (χ1) is 8.77. The number of fused-ring (bicyclic) bond motifs is 1. The van der Waals surface area contributed by atoms with E-state index >= 15 is 0 Å². The SMILES string of the molecule is [CH2]C(c1ccccc1)c1c[nH]c2c(C)cccc12. The van der Waals surface area contributed by atoms with Gasteiger partial charge in [-0.05, 0) is 30.5 Å². The van der Waals surface area contributed by atoms with Gasteiger partial charge in [-0.3, -0.25) is 0 Å². The van der Waals surface area contributed by atoms with Crippen molar-refractivity contribution in [3.63, 3.8) is 0 Å². The summed E-state index contributed by atoms with van der Waals surface area (Å²) >= 11 is 0. The molecule has 0 saturated carbocycles. The molecule has 1 nitrogen and oxygen atoms in total. The van der Waals surface area contributed by atoms with Crippen LogP contribution in [0.3, 0.4) is 0 Å². The average molecular weight is 234 g/mol. The molecule has 0 bridgehead atoms. The molecule has 2 aromatic carbocycles. The Balaban J connectivity index is 2.13. The van der Waals surface area contributed by atoms with Gasteiger partial charge < -0.3 is 4.98 Å². The Morgan fingerprint density at radius 2 is 1.78 bits per heavy atom. The van der Waals surface area contributed by atoms with Crippen LogP contribution in [0, 0.1) is 13.8 Å². The Hall–Kier alpha value is -2.02. The van der Waals surface area contributed by atoms with E-state index in [0.717, 1.165) is 0 Å². The summed E-state index contributed by atoms with van der Waals surface area (Å²) in [7, 11) is 0. The van der Waals surface area contributed by atoms with Crippen molar-refractivity contribution in [2.45, 2.75) is 12.8 Å². The molecule has 89 valence electrons. The van der Waals surface area contributed by atoms with Crippen molar-refractivity contribution in [1.82, 2.24) is 4.98 Å². The van der Waals surface area contributed by atoms with E-state index in [4.69, 9.17) is 0 Å². The molecule has 3 rings (SSSR count). The number of aromatic nitrogens is 1. The highest BCUT2D eigenvalue weighted by Crippen LogP contribution is 2.31. The first kappa shape index (κ1) is 11.1. The molecular weight excluding hydrogens is 218 g/mol. The fourth-order valence-electron chi connectivity index (χ4n) is 2.48. The lowest BCUT2D eigenvalue weighted by molar-refractivity contribution is 1.04. The largest absolute Gasteiger partial charge is 0.361 e. The lowest BCUT2D eigenvalue weighted by Gasteiger charge is -2.10. The summed E-state index contributed by atoms with van der Waals surface area (Å²) in [5.74, 6) is 0.168. The summed E-state index contributed by atoms with van der Waals surface area (Å²) < 4.78 is 0. The van der Waals surface area contributed by atoms with Gasteiger partial charge in [0, 0.05) is 23.0 Å². The predicted molar refractivity (Wildman–Crippen MR) is 76.7 cm³/mol. The fraction of sp³-hybridized carbons (Fsp3) is 0.118. The molecule has 1 heteroatoms. The number of rotatable bonds is 2. The number of para-hydroxylation sites is 1. The van der Waals surface area contributed by atoms with Crippen LogP contribution in [0.25, 0.3) is 10.9 Å². The maximum Gasteiger partial charge on any atom is 0.0486 e. The standard InChI is InChI=1S/C17H16N/c1-12-7-6-10-15-16(11-18-17(12)15)13(2)14-8-4-3-5-9-14/h3-11,13,18H,2H2,1H3. The van der Waals surface area contributed by atoms with E-state index in [1.165, 1.54) is 27.6 Å². The molecule has 0 spiro atoms. The second-order valence-corrected chi connectivity index (χ2v) is 4.70. The van der Waals surface area contributed by atoms with Crippen molar-refractivity contribution >= 4 is 10.9 Å². The second-order valence-electron chi connectivity index (χ2n) is 4.70. The van der Waals surface area contributed by atoms with Gasteiger partial charge in [0.05, 0.1) is 0 Å². The van der Waals surface area contributed by atoms with Gasteiger partial charge >= 0.3 is 0 Å². The molecule has 3 aromatic rings. The first-order valence-corrected chi connectivity index (χ1v) is 6.22. The van der Waals surface area contributed by atoms with E-state index in [0.29, 0.717) is 0 Å². The zero-order valence-corrected chi connectivity index (χ0v) is 10.5. The van der Waals surface area contributed by atoms with E-state index in [2.05, 4.69) is 67.5 Å². The Labute approximate surface area is 107 Å². The van der Waals surface area contributed by atoms with Gasteiger partial charge in [-0.2, -0.15) is 0 Å². The van der Waals surface area contributed by atoms with Crippen LogP contribution in [0.4, 0.5) is 0 Å². The van der Waals surface area contributed by atoms with Crippen LogP contribution in [0.2, 0.25) is 0 Å². The van der Waals surface area contributed by atoms with Crippen LogP contribution in [-0.4, -0.2) is 4.98 Å². The maximum absolute atomic E-state index is 4.31. The average Bonchev–Trinajstić information content (AvgIpc) is 2.84. The third-order valence-corrected chi connectivity index (χ3v) is 3.53. The number of aromatic amines is 1. The fourth-order valence-corrected chi connectivity index (χ4v) is 2.48. The molecule has 0 aliphatic carbocycles. The van der Waals surface area contributed by atoms with Gasteiger partial charge in [-0.15, -0.1) is 0 Å². The molecule has 0 fully saturated rings. The van der Waals surface area contributed by atoms with Crippen LogP contribution in [0.15, 0.2) is 54.7 Å². The molecular formula is C17H16N. The Morgan fingerprint density at radius 3 is 2.56 bits per heavy atom. The van der Waals surface area contributed by atoms with E-state index in [1.807, 2.05) is 6.07 Å². The summed E-state index contributed by atoms with van der Waals surface area (Å²) in [6.07, 6.45) is 2.09. The molecule has 0 saturated heterocycles. The van der Waals surface area contributed by atoms with Crippen molar-refractivity contribution in [2.75, 3.05) is 0 Å². The molecule has 1 heterocycles. The summed E-state index contributed by atoms with van der Waals surface area (Å²) in [5, 5.41) is 1.28. The number of benzene rings is 2. The zero-order valence-electron chi connectivity index (χ0n) is 10.5. The molecule has 1 N–H and O–H groups in total. The topological polar surface area (TPSA) is 15.8 Å². The lowest BCUT2D eigenvalue weighted by Crippen LogP contribution is -1.94. The van der Waals surface area contributed by atoms with Gasteiger partial charge in [0.2, 0.25) is 0 Å². The van der Waals surface area contributed by atoms with Crippen molar-refractivity contribution in [2.24, 2.45) is 0 Å². The smallest absolute Gasteiger partial charge is 0.0486 e. The molecule has 1 aromatic heterocycles. The Bertz CT molecular complexity index is 664. The highest BCUT2D eigenvalue weighted by Gasteiger charge is 2.13. The monoisotopic (exact) mass is 234 g/mol. The minimum absolute atomic E-state index is 0.168. The Morgan fingerprint density at radius 1 is 1.00 bits per heavy atom. The summed E-state index contributed by atoms with van der Waals surface area (Å²) in [6.45, 7) is 6.44. The highest BCUT2D eigenvalue weighted by molar-refractivity contribution is 5.86. The minimum atomic E-state index is 0.168. The van der Waals surface area contributed by atoms with Crippen LogP contribution in [0.1, 0.15) is 22.6 Å². The molecule has 0 amide bonds. The molecule has 1 radical (unpaired) electrons. The number of hydrogen-bond acceptors (Lipinski definition) is 0. The number of H-pyrrole nitrogens is 1. The van der Waals surface area contributed by atoms with E-state index in [9.17, 15) is 0 Å². The van der Waals surface area contributed by atoms with Crippen LogP contribution < -0.4 is 0 Å². The molecule has 1 unspecified atom stereocenters. The Kier molecular flexibility index (Phi) is 2.67. The third kappa shape index (κ3) is 1.72. The van der Waals surface area contributed by atoms with Crippen LogP contribution in [0.5, 0.6) is 0 Å². The predicted octanol–water partition coefficient (Wildman–Crippen LogP) is 4.44. The van der Waals surface area contributed by atoms with Gasteiger partial charge in [0.15, 0.2) is 0 Å². The number of nitrogens with one attached hydrogen (secondary N) is 1.